The van der Waals surface area contributed by atoms with Gasteiger partial charge in [0.1, 0.15) is 0 Å². The average molecular weight is 226 g/mol. The van der Waals surface area contributed by atoms with Crippen LogP contribution < -0.4 is 0 Å². The first-order valence-electron chi connectivity index (χ1n) is 6.41. The number of unbranched alkanes of at least 4 members (excludes halogenated alkanes) is 1. The molecular formula is C12H22N2O2. The molecule has 2 heterocycles. The van der Waals surface area contributed by atoms with E-state index in [0.29, 0.717) is 11.9 Å². The molecule has 0 aromatic rings. The fourth-order valence-corrected chi connectivity index (χ4v) is 2.32. The maximum Gasteiger partial charge on any atom is 0.222 e. The van der Waals surface area contributed by atoms with Crippen LogP contribution >= 0.6 is 0 Å². The maximum atomic E-state index is 11.7. The van der Waals surface area contributed by atoms with Crippen molar-refractivity contribution < 1.29 is 9.53 Å². The van der Waals surface area contributed by atoms with E-state index in [1.54, 1.807) is 0 Å². The largest absolute Gasteiger partial charge is 0.379 e. The third kappa shape index (κ3) is 2.74. The standard InChI is InChI=1S/C12H22N2O2/c1-2-3-4-12(15)14-9-11(10-14)13-5-7-16-8-6-13/h11H,2-10H2,1H3. The van der Waals surface area contributed by atoms with E-state index in [-0.39, 0.29) is 0 Å². The van der Waals surface area contributed by atoms with Crippen LogP contribution in [0.3, 0.4) is 0 Å². The fourth-order valence-electron chi connectivity index (χ4n) is 2.32. The zero-order chi connectivity index (χ0) is 11.4. The lowest BCUT2D eigenvalue weighted by molar-refractivity contribution is -0.140. The molecule has 0 aliphatic carbocycles. The van der Waals surface area contributed by atoms with Gasteiger partial charge in [-0.1, -0.05) is 13.3 Å². The number of ether oxygens (including phenoxy) is 1. The number of hydrogen-bond donors (Lipinski definition) is 0. The summed E-state index contributed by atoms with van der Waals surface area (Å²) in [5, 5.41) is 0. The van der Waals surface area contributed by atoms with Crippen molar-refractivity contribution >= 4 is 5.91 Å². The van der Waals surface area contributed by atoms with E-state index in [9.17, 15) is 4.79 Å². The molecule has 4 heteroatoms. The minimum absolute atomic E-state index is 0.339. The lowest BCUT2D eigenvalue weighted by Crippen LogP contribution is -2.62. The highest BCUT2D eigenvalue weighted by Crippen LogP contribution is 2.17. The summed E-state index contributed by atoms with van der Waals surface area (Å²) in [5.41, 5.74) is 0. The summed E-state index contributed by atoms with van der Waals surface area (Å²) in [4.78, 5) is 16.1. The molecule has 0 aromatic carbocycles. The third-order valence-corrected chi connectivity index (χ3v) is 3.52. The Morgan fingerprint density at radius 2 is 2.00 bits per heavy atom. The molecule has 0 unspecified atom stereocenters. The fraction of sp³-hybridized carbons (Fsp3) is 0.917. The van der Waals surface area contributed by atoms with Crippen LogP contribution in [0.5, 0.6) is 0 Å². The lowest BCUT2D eigenvalue weighted by atomic mass is 10.1. The van der Waals surface area contributed by atoms with Gasteiger partial charge < -0.3 is 9.64 Å². The predicted octanol–water partition coefficient (Wildman–Crippen LogP) is 0.720. The van der Waals surface area contributed by atoms with Crippen LogP contribution in [-0.4, -0.2) is 61.1 Å². The summed E-state index contributed by atoms with van der Waals surface area (Å²) in [5.74, 6) is 0.339. The van der Waals surface area contributed by atoms with Crippen LogP contribution in [0.2, 0.25) is 0 Å². The minimum Gasteiger partial charge on any atom is -0.379 e. The van der Waals surface area contributed by atoms with Gasteiger partial charge in [0, 0.05) is 38.6 Å². The van der Waals surface area contributed by atoms with Gasteiger partial charge in [0.15, 0.2) is 0 Å². The molecule has 0 aromatic heterocycles. The predicted molar refractivity (Wildman–Crippen MR) is 62.3 cm³/mol. The molecule has 2 saturated heterocycles. The van der Waals surface area contributed by atoms with E-state index in [0.717, 1.165) is 58.7 Å². The van der Waals surface area contributed by atoms with Crippen molar-refractivity contribution in [3.63, 3.8) is 0 Å². The summed E-state index contributed by atoms with van der Waals surface area (Å²) in [6.07, 6.45) is 2.86. The van der Waals surface area contributed by atoms with Gasteiger partial charge in [0.05, 0.1) is 13.2 Å². The molecule has 0 spiro atoms. The van der Waals surface area contributed by atoms with Gasteiger partial charge in [0.2, 0.25) is 5.91 Å². The molecule has 0 radical (unpaired) electrons. The Morgan fingerprint density at radius 3 is 2.62 bits per heavy atom. The van der Waals surface area contributed by atoms with Gasteiger partial charge in [-0.15, -0.1) is 0 Å². The van der Waals surface area contributed by atoms with Gasteiger partial charge in [-0.3, -0.25) is 9.69 Å². The summed E-state index contributed by atoms with van der Waals surface area (Å²) in [7, 11) is 0. The topological polar surface area (TPSA) is 32.8 Å². The zero-order valence-electron chi connectivity index (χ0n) is 10.2. The number of carbonyl (C=O) groups is 1. The molecule has 4 nitrogen and oxygen atoms in total. The lowest BCUT2D eigenvalue weighted by Gasteiger charge is -2.46. The van der Waals surface area contributed by atoms with Gasteiger partial charge in [-0.2, -0.15) is 0 Å². The Balaban J connectivity index is 1.66. The molecule has 1 amide bonds. The molecule has 2 fully saturated rings. The highest BCUT2D eigenvalue weighted by molar-refractivity contribution is 5.77. The van der Waals surface area contributed by atoms with Crippen molar-refractivity contribution in [1.82, 2.24) is 9.80 Å². The third-order valence-electron chi connectivity index (χ3n) is 3.52. The van der Waals surface area contributed by atoms with E-state index in [4.69, 9.17) is 4.74 Å². The molecule has 2 aliphatic heterocycles. The second-order valence-corrected chi connectivity index (χ2v) is 4.70. The van der Waals surface area contributed by atoms with E-state index < -0.39 is 0 Å². The van der Waals surface area contributed by atoms with E-state index >= 15 is 0 Å². The van der Waals surface area contributed by atoms with Crippen molar-refractivity contribution in [2.75, 3.05) is 39.4 Å². The second kappa shape index (κ2) is 5.64. The normalized spacial score (nSPS) is 23.2. The van der Waals surface area contributed by atoms with Crippen LogP contribution in [0.4, 0.5) is 0 Å². The molecular weight excluding hydrogens is 204 g/mol. The van der Waals surface area contributed by atoms with Crippen molar-refractivity contribution in [2.45, 2.75) is 32.2 Å². The molecule has 2 aliphatic rings. The van der Waals surface area contributed by atoms with Crippen LogP contribution in [0.1, 0.15) is 26.2 Å². The number of amides is 1. The highest BCUT2D eigenvalue weighted by Gasteiger charge is 2.34. The second-order valence-electron chi connectivity index (χ2n) is 4.70. The Morgan fingerprint density at radius 1 is 1.31 bits per heavy atom. The van der Waals surface area contributed by atoms with Crippen molar-refractivity contribution in [3.05, 3.63) is 0 Å². The zero-order valence-corrected chi connectivity index (χ0v) is 10.2. The monoisotopic (exact) mass is 226 g/mol. The minimum atomic E-state index is 0.339. The highest BCUT2D eigenvalue weighted by atomic mass is 16.5. The Bertz CT molecular complexity index is 233. The van der Waals surface area contributed by atoms with Crippen molar-refractivity contribution in [3.8, 4) is 0 Å². The van der Waals surface area contributed by atoms with Gasteiger partial charge in [0.25, 0.3) is 0 Å². The van der Waals surface area contributed by atoms with E-state index in [1.165, 1.54) is 0 Å². The summed E-state index contributed by atoms with van der Waals surface area (Å²) in [6, 6.07) is 0.592. The molecule has 0 atom stereocenters. The SMILES string of the molecule is CCCCC(=O)N1CC(N2CCOCC2)C1. The smallest absolute Gasteiger partial charge is 0.222 e. The van der Waals surface area contributed by atoms with Crippen LogP contribution in [-0.2, 0) is 9.53 Å². The van der Waals surface area contributed by atoms with E-state index in [1.807, 2.05) is 4.90 Å². The molecule has 2 rings (SSSR count). The number of morpholine rings is 1. The van der Waals surface area contributed by atoms with Crippen molar-refractivity contribution in [1.29, 1.82) is 0 Å². The van der Waals surface area contributed by atoms with Gasteiger partial charge >= 0.3 is 0 Å². The van der Waals surface area contributed by atoms with Crippen LogP contribution in [0, 0.1) is 0 Å². The van der Waals surface area contributed by atoms with E-state index in [2.05, 4.69) is 11.8 Å². The van der Waals surface area contributed by atoms with Gasteiger partial charge in [-0.05, 0) is 6.42 Å². The summed E-state index contributed by atoms with van der Waals surface area (Å²) < 4.78 is 5.32. The quantitative estimate of drug-likeness (QED) is 0.708. The Kier molecular flexibility index (Phi) is 4.18. The van der Waals surface area contributed by atoms with Crippen LogP contribution in [0.25, 0.3) is 0 Å². The summed E-state index contributed by atoms with van der Waals surface area (Å²) in [6.45, 7) is 7.74. The van der Waals surface area contributed by atoms with Crippen LogP contribution in [0.15, 0.2) is 0 Å². The maximum absolute atomic E-state index is 11.7. The Labute approximate surface area is 97.5 Å². The number of carbonyl (C=O) groups excluding carboxylic acids is 1. The summed E-state index contributed by atoms with van der Waals surface area (Å²) >= 11 is 0. The molecule has 0 saturated carbocycles. The molecule has 16 heavy (non-hydrogen) atoms. The molecule has 0 bridgehead atoms. The van der Waals surface area contributed by atoms with Crippen molar-refractivity contribution in [2.24, 2.45) is 0 Å². The number of likely N-dealkylation sites (tertiary alicyclic amines) is 1. The number of nitrogens with zero attached hydrogens (tertiary/aromatic N) is 2. The molecule has 92 valence electrons. The first-order chi connectivity index (χ1) is 7.81. The number of rotatable bonds is 4. The Hall–Kier alpha value is -0.610. The first kappa shape index (κ1) is 11.9. The first-order valence-corrected chi connectivity index (χ1v) is 6.41. The number of hydrogen-bond acceptors (Lipinski definition) is 3. The molecule has 0 N–H and O–H groups in total. The average Bonchev–Trinajstić information content (AvgIpc) is 2.26. The van der Waals surface area contributed by atoms with Gasteiger partial charge in [-0.25, -0.2) is 0 Å².